The Labute approximate surface area is 253 Å². The molecule has 2 N–H and O–H groups in total. The summed E-state index contributed by atoms with van der Waals surface area (Å²) in [5.74, 6) is -7.55. The van der Waals surface area contributed by atoms with Crippen molar-refractivity contribution in [3.05, 3.63) is 53.4 Å². The second-order valence-corrected chi connectivity index (χ2v) is 14.8. The van der Waals surface area contributed by atoms with Crippen LogP contribution < -0.4 is 5.32 Å². The lowest BCUT2D eigenvalue weighted by Crippen LogP contribution is -2.58. The van der Waals surface area contributed by atoms with E-state index in [9.17, 15) is 48.7 Å². The quantitative estimate of drug-likeness (QED) is 0.261. The molecule has 3 fully saturated rings. The molecule has 15 heteroatoms. The molecule has 0 heterocycles. The van der Waals surface area contributed by atoms with Crippen LogP contribution >= 0.6 is 0 Å². The van der Waals surface area contributed by atoms with Gasteiger partial charge in [-0.3, -0.25) is 9.59 Å². The number of benzene rings is 1. The van der Waals surface area contributed by atoms with Crippen molar-refractivity contribution in [1.29, 1.82) is 0 Å². The number of allylic oxidation sites excluding steroid dienone is 3. The van der Waals surface area contributed by atoms with Gasteiger partial charge in [-0.1, -0.05) is 19.1 Å². The molecule has 0 bridgehead atoms. The van der Waals surface area contributed by atoms with Crippen molar-refractivity contribution in [2.45, 2.75) is 73.1 Å². The summed E-state index contributed by atoms with van der Waals surface area (Å²) < 4.78 is 138. The topological polar surface area (TPSA) is 101 Å². The number of carbonyl (C=O) groups excluding carboxylic acids is 1. The Morgan fingerprint density at radius 3 is 2.11 bits per heavy atom. The third kappa shape index (κ3) is 5.07. The molecule has 4 aliphatic carbocycles. The smallest absolute Gasteiger partial charge is 0.435 e. The Kier molecular flexibility index (Phi) is 8.22. The van der Waals surface area contributed by atoms with Gasteiger partial charge in [0.05, 0.1) is 10.8 Å². The van der Waals surface area contributed by atoms with E-state index >= 15 is 4.39 Å². The summed E-state index contributed by atoms with van der Waals surface area (Å²) in [6.07, 6.45) is -11.1. The number of rotatable bonds is 7. The average molecular weight is 670 g/mol. The van der Waals surface area contributed by atoms with Gasteiger partial charge in [0.1, 0.15) is 10.6 Å². The summed E-state index contributed by atoms with van der Waals surface area (Å²) in [6.45, 7) is 1.17. The van der Waals surface area contributed by atoms with Gasteiger partial charge in [-0.15, -0.1) is 0 Å². The van der Waals surface area contributed by atoms with Crippen molar-refractivity contribution >= 4 is 21.7 Å². The molecule has 5 rings (SSSR count). The maximum absolute atomic E-state index is 15.2. The summed E-state index contributed by atoms with van der Waals surface area (Å²) in [7, 11) is -4.54. The molecule has 1 aromatic rings. The van der Waals surface area contributed by atoms with E-state index in [4.69, 9.17) is 5.11 Å². The van der Waals surface area contributed by atoms with E-state index in [1.54, 1.807) is 0 Å². The van der Waals surface area contributed by atoms with E-state index in [-0.39, 0.29) is 48.6 Å². The molecule has 1 amide bonds. The number of hydrogen-bond donors (Lipinski definition) is 2. The Morgan fingerprint density at radius 1 is 0.956 bits per heavy atom. The van der Waals surface area contributed by atoms with E-state index in [1.807, 2.05) is 0 Å². The normalized spacial score (nSPS) is 32.0. The lowest BCUT2D eigenvalue weighted by Gasteiger charge is -2.50. The van der Waals surface area contributed by atoms with Crippen LogP contribution in [0.15, 0.2) is 52.5 Å². The molecule has 248 valence electrons. The summed E-state index contributed by atoms with van der Waals surface area (Å²) >= 11 is 0. The van der Waals surface area contributed by atoms with Crippen LogP contribution in [0, 0.1) is 41.3 Å². The average Bonchev–Trinajstić information content (AvgIpc) is 3.32. The number of carboxylic acid groups (broad SMARTS) is 1. The zero-order valence-electron chi connectivity index (χ0n) is 23.9. The minimum Gasteiger partial charge on any atom is -0.481 e. The minimum absolute atomic E-state index is 0.00427. The van der Waals surface area contributed by atoms with Gasteiger partial charge in [0.15, 0.2) is 9.84 Å². The first kappa shape index (κ1) is 33.4. The van der Waals surface area contributed by atoms with E-state index in [0.717, 1.165) is 37.3 Å². The Balaban J connectivity index is 1.57. The highest BCUT2D eigenvalue weighted by atomic mass is 32.2. The molecule has 0 spiro atoms. The van der Waals surface area contributed by atoms with Crippen LogP contribution in [0.25, 0.3) is 0 Å². The number of nitrogens with one attached hydrogen (secondary N) is 1. The third-order valence-corrected chi connectivity index (χ3v) is 13.0. The van der Waals surface area contributed by atoms with Crippen molar-refractivity contribution in [3.8, 4) is 0 Å². The number of hydrogen-bond acceptors (Lipinski definition) is 4. The number of alkyl halides is 7. The Hall–Kier alpha value is -2.97. The first-order valence-corrected chi connectivity index (χ1v) is 16.0. The maximum Gasteiger partial charge on any atom is 0.435 e. The fourth-order valence-corrected chi connectivity index (χ4v) is 10.6. The largest absolute Gasteiger partial charge is 0.481 e. The number of fused-ring (bicyclic) bond motifs is 3. The summed E-state index contributed by atoms with van der Waals surface area (Å²) in [4.78, 5) is 24.2. The third-order valence-electron chi connectivity index (χ3n) is 10.4. The van der Waals surface area contributed by atoms with Crippen molar-refractivity contribution in [1.82, 2.24) is 5.32 Å². The van der Waals surface area contributed by atoms with Gasteiger partial charge in [0.2, 0.25) is 5.91 Å². The predicted molar refractivity (Wildman–Crippen MR) is 143 cm³/mol. The fourth-order valence-electron chi connectivity index (χ4n) is 8.06. The highest BCUT2D eigenvalue weighted by Gasteiger charge is 2.76. The zero-order chi connectivity index (χ0) is 33.3. The van der Waals surface area contributed by atoms with Crippen LogP contribution in [0.1, 0.15) is 45.4 Å². The maximum atomic E-state index is 15.2. The number of halogens is 8. The molecule has 4 aliphatic rings. The zero-order valence-corrected chi connectivity index (χ0v) is 24.7. The fraction of sp³-hybridized carbons (Fsp3) is 0.600. The molecular weight excluding hydrogens is 638 g/mol. The van der Waals surface area contributed by atoms with Gasteiger partial charge in [-0.2, -0.15) is 26.3 Å². The molecule has 1 aromatic carbocycles. The number of sulfone groups is 1. The van der Waals surface area contributed by atoms with Crippen LogP contribution in [0.5, 0.6) is 0 Å². The summed E-state index contributed by atoms with van der Waals surface area (Å²) in [5, 5.41) is 11.9. The van der Waals surface area contributed by atoms with Gasteiger partial charge < -0.3 is 10.4 Å². The van der Waals surface area contributed by atoms with E-state index in [0.29, 0.717) is 18.9 Å². The van der Waals surface area contributed by atoms with Gasteiger partial charge in [-0.25, -0.2) is 17.2 Å². The van der Waals surface area contributed by atoms with Crippen molar-refractivity contribution in [2.24, 2.45) is 35.5 Å². The minimum atomic E-state index is -6.34. The van der Waals surface area contributed by atoms with Crippen molar-refractivity contribution < 1.29 is 58.2 Å². The summed E-state index contributed by atoms with van der Waals surface area (Å²) in [5.41, 5.74) is -7.23. The molecular formula is C30H31F8NO5S. The van der Waals surface area contributed by atoms with Crippen LogP contribution in [-0.4, -0.2) is 54.7 Å². The molecule has 2 unspecified atom stereocenters. The Bertz CT molecular complexity index is 1510. The van der Waals surface area contributed by atoms with Crippen LogP contribution in [-0.2, 0) is 19.4 Å². The SMILES string of the molecule is CC1C(C(F)(C(F)(F)F)C(F)(F)F)=CC=C2C1CC[C@H]1[C@H](C(=O)NCC3CC(C(=O)O)C3)CC[C@@]21S(=O)(=O)c1ccc(F)cc1. The molecule has 6 nitrogen and oxygen atoms in total. The number of carbonyl (C=O) groups is 2. The van der Waals surface area contributed by atoms with Gasteiger partial charge >= 0.3 is 24.0 Å². The van der Waals surface area contributed by atoms with Gasteiger partial charge in [0.25, 0.3) is 0 Å². The Morgan fingerprint density at radius 2 is 1.56 bits per heavy atom. The van der Waals surface area contributed by atoms with E-state index < -0.39 is 85.5 Å². The van der Waals surface area contributed by atoms with Gasteiger partial charge in [0, 0.05) is 12.5 Å². The van der Waals surface area contributed by atoms with Crippen molar-refractivity contribution in [2.75, 3.05) is 6.54 Å². The second-order valence-electron chi connectivity index (χ2n) is 12.6. The number of carboxylic acids is 1. The first-order valence-electron chi connectivity index (χ1n) is 14.5. The van der Waals surface area contributed by atoms with Crippen LogP contribution in [0.4, 0.5) is 35.1 Å². The molecule has 0 radical (unpaired) electrons. The molecule has 45 heavy (non-hydrogen) atoms. The van der Waals surface area contributed by atoms with Crippen molar-refractivity contribution in [3.63, 3.8) is 0 Å². The van der Waals surface area contributed by atoms with Crippen LogP contribution in [0.2, 0.25) is 0 Å². The second kappa shape index (κ2) is 11.1. The summed E-state index contributed by atoms with van der Waals surface area (Å²) in [6, 6.07) is 3.83. The standard InChI is InChI=1S/C30H31F8NO5S/c1-15-20-6-7-24-21(25(40)39-14-16-12-17(13-16)26(41)42)10-11-27(24,45(43,44)19-4-2-18(31)3-5-19)23(20)9-8-22(15)28(32,29(33,34)35)30(36,37)38/h2-5,8-9,15-17,20-21,24H,6-7,10-14H2,1H3,(H,39,40)(H,41,42)/t15?,16?,17?,20?,21-,24+,27-/m1/s1. The molecule has 3 saturated carbocycles. The van der Waals surface area contributed by atoms with Gasteiger partial charge in [-0.05, 0) is 97.6 Å². The van der Waals surface area contributed by atoms with E-state index in [1.165, 1.54) is 0 Å². The first-order chi connectivity index (χ1) is 20.8. The highest BCUT2D eigenvalue weighted by molar-refractivity contribution is 7.93. The monoisotopic (exact) mass is 669 g/mol. The molecule has 0 aliphatic heterocycles. The molecule has 5 atom stereocenters. The van der Waals surface area contributed by atoms with E-state index in [2.05, 4.69) is 5.32 Å². The predicted octanol–water partition coefficient (Wildman–Crippen LogP) is 6.34. The molecule has 0 saturated heterocycles. The lowest BCUT2D eigenvalue weighted by atomic mass is 9.61. The lowest BCUT2D eigenvalue weighted by molar-refractivity contribution is -0.328. The number of amides is 1. The van der Waals surface area contributed by atoms with Crippen LogP contribution in [0.3, 0.4) is 0 Å². The highest BCUT2D eigenvalue weighted by Crippen LogP contribution is 2.63. The number of aliphatic carboxylic acids is 1. The molecule has 0 aromatic heterocycles.